The highest BCUT2D eigenvalue weighted by molar-refractivity contribution is 7.25. The number of nitrogens with zero attached hydrogens (tertiary/aromatic N) is 1. The minimum absolute atomic E-state index is 0.0234. The van der Waals surface area contributed by atoms with Crippen LogP contribution in [0.1, 0.15) is 12.3 Å². The predicted molar refractivity (Wildman–Crippen MR) is 235 cm³/mol. The second-order valence-corrected chi connectivity index (χ2v) is 14.5. The third-order valence-corrected chi connectivity index (χ3v) is 11.3. The van der Waals surface area contributed by atoms with Crippen LogP contribution >= 0.6 is 11.3 Å². The van der Waals surface area contributed by atoms with E-state index in [1.807, 2.05) is 54.6 Å². The fraction of sp³-hybridized carbons (Fsp3) is 0. The number of benzene rings is 9. The summed E-state index contributed by atoms with van der Waals surface area (Å²) in [5.41, 5.74) is 7.27. The summed E-state index contributed by atoms with van der Waals surface area (Å²) in [4.78, 5) is 2.14. The van der Waals surface area contributed by atoms with E-state index < -0.39 is 6.04 Å². The number of furan rings is 1. The monoisotopic (exact) mass is 728 g/mol. The molecule has 3 heteroatoms. The van der Waals surface area contributed by atoms with Crippen molar-refractivity contribution in [3.8, 4) is 33.4 Å². The number of thiophene rings is 1. The van der Waals surface area contributed by atoms with E-state index in [1.54, 1.807) is 47.7 Å². The predicted octanol–water partition coefficient (Wildman–Crippen LogP) is 15.6. The smallest absolute Gasteiger partial charge is 0.136 e. The van der Waals surface area contributed by atoms with Crippen molar-refractivity contribution in [3.63, 3.8) is 0 Å². The molecule has 55 heavy (non-hydrogen) atoms. The van der Waals surface area contributed by atoms with Gasteiger partial charge < -0.3 is 9.32 Å². The molecule has 2 heterocycles. The molecule has 11 aromatic rings. The molecule has 11 rings (SSSR count). The average molecular weight is 729 g/mol. The van der Waals surface area contributed by atoms with Crippen LogP contribution in [0.5, 0.6) is 0 Å². The Morgan fingerprint density at radius 3 is 1.93 bits per heavy atom. The van der Waals surface area contributed by atoms with Crippen molar-refractivity contribution in [2.24, 2.45) is 0 Å². The van der Waals surface area contributed by atoms with Gasteiger partial charge in [0, 0.05) is 48.0 Å². The molecule has 0 aliphatic carbocycles. The van der Waals surface area contributed by atoms with E-state index in [4.69, 9.17) is 15.4 Å². The summed E-state index contributed by atoms with van der Waals surface area (Å²) >= 11 is 1.73. The first-order valence-corrected chi connectivity index (χ1v) is 18.7. The lowest BCUT2D eigenvalue weighted by Gasteiger charge is -2.26. The van der Waals surface area contributed by atoms with Crippen LogP contribution in [0, 0.1) is 0 Å². The molecule has 0 aliphatic heterocycles. The minimum atomic E-state index is -0.427. The molecule has 2 aromatic heterocycles. The standard InChI is InChI=1S/C52H33NOS/c1-2-9-34(10-3-1)35-19-24-41(25-20-35)53(43-28-29-45-44-13-5-7-16-50(44)55-51(45)33-43)42-26-21-36(22-27-42)38-11-8-12-39(31-38)40-18-17-37-23-30-49-52(47(37)32-40)46-14-4-6-15-48(46)54-49/h1-33H/i1D,2D,3D,9D,10D,14D,23D,30D,32D. The van der Waals surface area contributed by atoms with Crippen LogP contribution < -0.4 is 4.90 Å². The van der Waals surface area contributed by atoms with Crippen LogP contribution in [-0.2, 0) is 0 Å². The molecule has 258 valence electrons. The summed E-state index contributed by atoms with van der Waals surface area (Å²) in [7, 11) is 0. The fourth-order valence-corrected chi connectivity index (χ4v) is 8.67. The first-order chi connectivity index (χ1) is 31.0. The molecule has 2 nitrogen and oxygen atoms in total. The summed E-state index contributed by atoms with van der Waals surface area (Å²) < 4.78 is 85.7. The van der Waals surface area contributed by atoms with Crippen molar-refractivity contribution in [3.05, 3.63) is 200 Å². The Bertz CT molecular complexity index is 3700. The molecular formula is C52H33NOS. The molecule has 0 amide bonds. The average Bonchev–Trinajstić information content (AvgIpc) is 3.90. The second kappa shape index (κ2) is 12.9. The Balaban J connectivity index is 1.00. The van der Waals surface area contributed by atoms with Gasteiger partial charge in [-0.25, -0.2) is 0 Å². The highest BCUT2D eigenvalue weighted by Crippen LogP contribution is 2.42. The van der Waals surface area contributed by atoms with E-state index in [2.05, 4.69) is 59.5 Å². The van der Waals surface area contributed by atoms with Gasteiger partial charge >= 0.3 is 0 Å². The van der Waals surface area contributed by atoms with Gasteiger partial charge in [-0.05, 0) is 111 Å². The van der Waals surface area contributed by atoms with Gasteiger partial charge in [0.15, 0.2) is 0 Å². The third kappa shape index (κ3) is 5.48. The van der Waals surface area contributed by atoms with Gasteiger partial charge in [-0.3, -0.25) is 0 Å². The van der Waals surface area contributed by atoms with Crippen LogP contribution in [0.4, 0.5) is 17.1 Å². The molecular weight excluding hydrogens is 687 g/mol. The van der Waals surface area contributed by atoms with Gasteiger partial charge in [0.05, 0.1) is 12.3 Å². The van der Waals surface area contributed by atoms with Gasteiger partial charge in [-0.15, -0.1) is 11.3 Å². The zero-order valence-corrected chi connectivity index (χ0v) is 29.9. The van der Waals surface area contributed by atoms with Crippen molar-refractivity contribution in [1.82, 2.24) is 0 Å². The maximum atomic E-state index is 9.52. The first-order valence-electron chi connectivity index (χ1n) is 22.4. The number of fused-ring (bicyclic) bond motifs is 8. The van der Waals surface area contributed by atoms with Crippen LogP contribution in [0.3, 0.4) is 0 Å². The van der Waals surface area contributed by atoms with E-state index in [0.717, 1.165) is 38.5 Å². The van der Waals surface area contributed by atoms with E-state index in [9.17, 15) is 1.37 Å². The van der Waals surface area contributed by atoms with Crippen molar-refractivity contribution >= 4 is 81.3 Å². The lowest BCUT2D eigenvalue weighted by Crippen LogP contribution is -2.09. The van der Waals surface area contributed by atoms with E-state index in [0.29, 0.717) is 38.3 Å². The third-order valence-electron chi connectivity index (χ3n) is 10.2. The van der Waals surface area contributed by atoms with Crippen LogP contribution in [-0.4, -0.2) is 0 Å². The van der Waals surface area contributed by atoms with Gasteiger partial charge in [0.2, 0.25) is 0 Å². The Morgan fingerprint density at radius 1 is 0.418 bits per heavy atom. The van der Waals surface area contributed by atoms with Gasteiger partial charge in [-0.2, -0.15) is 0 Å². The van der Waals surface area contributed by atoms with E-state index in [1.165, 1.54) is 15.5 Å². The van der Waals surface area contributed by atoms with Crippen LogP contribution in [0.15, 0.2) is 204 Å². The molecule has 0 fully saturated rings. The van der Waals surface area contributed by atoms with Crippen LogP contribution in [0.2, 0.25) is 0 Å². The van der Waals surface area contributed by atoms with Crippen molar-refractivity contribution < 1.29 is 16.8 Å². The molecule has 9 aromatic carbocycles. The van der Waals surface area contributed by atoms with Crippen molar-refractivity contribution in [1.29, 1.82) is 0 Å². The zero-order chi connectivity index (χ0) is 44.1. The van der Waals surface area contributed by atoms with E-state index >= 15 is 0 Å². The molecule has 0 aliphatic rings. The number of para-hydroxylation sites is 1. The van der Waals surface area contributed by atoms with Gasteiger partial charge in [0.25, 0.3) is 0 Å². The molecule has 0 saturated carbocycles. The summed E-state index contributed by atoms with van der Waals surface area (Å²) in [6, 6.07) is 45.8. The zero-order valence-electron chi connectivity index (χ0n) is 38.1. The quantitative estimate of drug-likeness (QED) is 0.169. The second-order valence-electron chi connectivity index (χ2n) is 13.4. The van der Waals surface area contributed by atoms with Crippen molar-refractivity contribution in [2.75, 3.05) is 4.90 Å². The number of rotatable bonds is 6. The summed E-state index contributed by atoms with van der Waals surface area (Å²) in [5.74, 6) is 0. The summed E-state index contributed by atoms with van der Waals surface area (Å²) in [5, 5.41) is 4.35. The largest absolute Gasteiger partial charge is 0.456 e. The fourth-order valence-electron chi connectivity index (χ4n) is 7.53. The van der Waals surface area contributed by atoms with Crippen molar-refractivity contribution in [2.45, 2.75) is 0 Å². The molecule has 0 radical (unpaired) electrons. The molecule has 0 N–H and O–H groups in total. The summed E-state index contributed by atoms with van der Waals surface area (Å²) in [6.45, 7) is 0. The number of hydrogen-bond donors (Lipinski definition) is 0. The lowest BCUT2D eigenvalue weighted by molar-refractivity contribution is 0.669. The van der Waals surface area contributed by atoms with Gasteiger partial charge in [0.1, 0.15) is 11.2 Å². The first kappa shape index (κ1) is 23.7. The molecule has 0 unspecified atom stereocenters. The normalized spacial score (nSPS) is 13.9. The van der Waals surface area contributed by atoms with E-state index in [-0.39, 0.29) is 59.5 Å². The maximum Gasteiger partial charge on any atom is 0.136 e. The summed E-state index contributed by atoms with van der Waals surface area (Å²) in [6.07, 6.45) is 0. The Labute approximate surface area is 335 Å². The Morgan fingerprint density at radius 2 is 1.11 bits per heavy atom. The number of anilines is 3. The highest BCUT2D eigenvalue weighted by atomic mass is 32.1. The minimum Gasteiger partial charge on any atom is -0.456 e. The molecule has 0 spiro atoms. The molecule has 0 saturated heterocycles. The Kier molecular flexibility index (Phi) is 5.54. The topological polar surface area (TPSA) is 16.4 Å². The maximum absolute atomic E-state index is 9.52. The molecule has 0 bridgehead atoms. The number of hydrogen-bond acceptors (Lipinski definition) is 3. The van der Waals surface area contributed by atoms with Crippen LogP contribution in [0.25, 0.3) is 86.3 Å². The lowest BCUT2D eigenvalue weighted by atomic mass is 9.95. The highest BCUT2D eigenvalue weighted by Gasteiger charge is 2.16. The molecule has 0 atom stereocenters. The Hall–Kier alpha value is -6.94. The SMILES string of the molecule is [2H]c1c([2H])c([2H])c(-c2ccc(N(c3ccc(-c4cccc(-c5ccc6c([2H])c([2H])c7oc8cccc([2H])c8c7c6c5[2H])c4)cc3)c3ccc4c(c3)sc3ccccc34)cc2)c([2H])c1[2H]. The van der Waals surface area contributed by atoms with Gasteiger partial charge in [-0.1, -0.05) is 133 Å².